The van der Waals surface area contributed by atoms with Crippen LogP contribution in [0.4, 0.5) is 0 Å². The number of pyridine rings is 1. The monoisotopic (exact) mass is 176 g/mol. The second-order valence-electron chi connectivity index (χ2n) is 3.52. The summed E-state index contributed by atoms with van der Waals surface area (Å²) in [5, 5.41) is 10.2. The highest BCUT2D eigenvalue weighted by molar-refractivity contribution is 5.78. The molecule has 0 aliphatic heterocycles. The Morgan fingerprint density at radius 3 is 2.85 bits per heavy atom. The lowest BCUT2D eigenvalue weighted by Gasteiger charge is -2.02. The Morgan fingerprint density at radius 1 is 1.38 bits per heavy atom. The summed E-state index contributed by atoms with van der Waals surface area (Å²) in [5.74, 6) is 0.636. The van der Waals surface area contributed by atoms with Gasteiger partial charge in [-0.2, -0.15) is 0 Å². The van der Waals surface area contributed by atoms with Crippen LogP contribution in [0.2, 0.25) is 0 Å². The molecule has 0 bridgehead atoms. The van der Waals surface area contributed by atoms with E-state index in [0.29, 0.717) is 5.92 Å². The largest absolute Gasteiger partial charge is 0.495 e. The Labute approximate surface area is 76.4 Å². The molecular weight excluding hydrogens is 164 g/mol. The first-order valence-electron chi connectivity index (χ1n) is 4.34. The number of H-pyrrole nitrogens is 1. The summed E-state index contributed by atoms with van der Waals surface area (Å²) in [5.41, 5.74) is 1.92. The molecule has 0 fully saturated rings. The molecule has 2 aromatic rings. The van der Waals surface area contributed by atoms with Gasteiger partial charge < -0.3 is 10.1 Å². The van der Waals surface area contributed by atoms with Crippen LogP contribution in [0.15, 0.2) is 18.3 Å². The molecular formula is C10H12N2O. The predicted octanol–water partition coefficient (Wildman–Crippen LogP) is 2.39. The summed E-state index contributed by atoms with van der Waals surface area (Å²) >= 11 is 0. The molecule has 0 unspecified atom stereocenters. The lowest BCUT2D eigenvalue weighted by atomic mass is 10.1. The average molecular weight is 176 g/mol. The molecule has 0 spiro atoms. The van der Waals surface area contributed by atoms with E-state index in [1.165, 1.54) is 5.56 Å². The molecule has 0 radical (unpaired) electrons. The predicted molar refractivity (Wildman–Crippen MR) is 51.8 cm³/mol. The van der Waals surface area contributed by atoms with Gasteiger partial charge in [0.2, 0.25) is 0 Å². The Hall–Kier alpha value is -1.51. The minimum atomic E-state index is 0.170. The number of hydrogen-bond donors (Lipinski definition) is 2. The molecule has 0 saturated heterocycles. The van der Waals surface area contributed by atoms with E-state index in [2.05, 4.69) is 23.8 Å². The highest BCUT2D eigenvalue weighted by Gasteiger charge is 2.04. The van der Waals surface area contributed by atoms with E-state index >= 15 is 0 Å². The van der Waals surface area contributed by atoms with Gasteiger partial charge in [-0.15, -0.1) is 0 Å². The minimum Gasteiger partial charge on any atom is -0.495 e. The number of rotatable bonds is 1. The molecule has 2 N–H and O–H groups in total. The van der Waals surface area contributed by atoms with Crippen molar-refractivity contribution in [3.05, 3.63) is 23.9 Å². The zero-order chi connectivity index (χ0) is 9.42. The van der Waals surface area contributed by atoms with Crippen LogP contribution in [-0.2, 0) is 0 Å². The van der Waals surface area contributed by atoms with Gasteiger partial charge in [0, 0.05) is 17.6 Å². The topological polar surface area (TPSA) is 48.9 Å². The fourth-order valence-corrected chi connectivity index (χ4v) is 1.33. The molecule has 2 rings (SSSR count). The fourth-order valence-electron chi connectivity index (χ4n) is 1.33. The quantitative estimate of drug-likeness (QED) is 0.700. The van der Waals surface area contributed by atoms with Crippen molar-refractivity contribution in [3.63, 3.8) is 0 Å². The molecule has 0 aromatic carbocycles. The maximum Gasteiger partial charge on any atom is 0.190 e. The number of aromatic amines is 1. The lowest BCUT2D eigenvalue weighted by molar-refractivity contribution is 0.458. The molecule has 2 heterocycles. The van der Waals surface area contributed by atoms with Crippen LogP contribution in [0.3, 0.4) is 0 Å². The van der Waals surface area contributed by atoms with Crippen molar-refractivity contribution >= 4 is 11.0 Å². The molecule has 13 heavy (non-hydrogen) atoms. The molecule has 3 nitrogen and oxygen atoms in total. The van der Waals surface area contributed by atoms with Gasteiger partial charge in [-0.25, -0.2) is 4.98 Å². The van der Waals surface area contributed by atoms with Crippen LogP contribution in [0, 0.1) is 0 Å². The van der Waals surface area contributed by atoms with Crippen molar-refractivity contribution in [1.82, 2.24) is 9.97 Å². The van der Waals surface area contributed by atoms with E-state index in [0.717, 1.165) is 11.0 Å². The van der Waals surface area contributed by atoms with Crippen LogP contribution in [-0.4, -0.2) is 15.1 Å². The van der Waals surface area contributed by atoms with Gasteiger partial charge in [-0.3, -0.25) is 0 Å². The first-order valence-corrected chi connectivity index (χ1v) is 4.34. The summed E-state index contributed by atoms with van der Waals surface area (Å²) in [6.07, 6.45) is 1.84. The van der Waals surface area contributed by atoms with Crippen molar-refractivity contribution in [1.29, 1.82) is 0 Å². The summed E-state index contributed by atoms with van der Waals surface area (Å²) in [6, 6.07) is 3.73. The average Bonchev–Trinajstić information content (AvgIpc) is 2.42. The van der Waals surface area contributed by atoms with Crippen molar-refractivity contribution in [2.24, 2.45) is 0 Å². The number of hydrogen-bond acceptors (Lipinski definition) is 2. The second kappa shape index (κ2) is 2.76. The van der Waals surface area contributed by atoms with E-state index in [1.807, 2.05) is 12.3 Å². The highest BCUT2D eigenvalue weighted by atomic mass is 16.3. The van der Waals surface area contributed by atoms with Gasteiger partial charge in [0.1, 0.15) is 5.65 Å². The summed E-state index contributed by atoms with van der Waals surface area (Å²) in [7, 11) is 0. The zero-order valence-electron chi connectivity index (χ0n) is 7.70. The Morgan fingerprint density at radius 2 is 2.15 bits per heavy atom. The third-order valence-electron chi connectivity index (χ3n) is 2.14. The van der Waals surface area contributed by atoms with Gasteiger partial charge in [-0.05, 0) is 17.5 Å². The molecule has 0 aliphatic rings. The third kappa shape index (κ3) is 1.37. The van der Waals surface area contributed by atoms with E-state index in [-0.39, 0.29) is 5.88 Å². The number of aromatic nitrogens is 2. The zero-order valence-corrected chi connectivity index (χ0v) is 7.70. The van der Waals surface area contributed by atoms with Gasteiger partial charge in [0.05, 0.1) is 0 Å². The Kier molecular flexibility index (Phi) is 1.72. The number of fused-ring (bicyclic) bond motifs is 1. The Bertz CT molecular complexity index is 431. The van der Waals surface area contributed by atoms with Gasteiger partial charge in [0.15, 0.2) is 5.88 Å². The van der Waals surface area contributed by atoms with E-state index in [1.54, 1.807) is 6.07 Å². The van der Waals surface area contributed by atoms with Gasteiger partial charge in [-0.1, -0.05) is 13.8 Å². The Balaban J connectivity index is 2.61. The SMILES string of the molecule is CC(C)c1cnc2[nH]c(O)cc2c1. The van der Waals surface area contributed by atoms with Crippen molar-refractivity contribution in [2.75, 3.05) is 0 Å². The molecule has 0 aliphatic carbocycles. The van der Waals surface area contributed by atoms with Crippen LogP contribution < -0.4 is 0 Å². The molecule has 3 heteroatoms. The lowest BCUT2D eigenvalue weighted by Crippen LogP contribution is -1.88. The van der Waals surface area contributed by atoms with E-state index < -0.39 is 0 Å². The van der Waals surface area contributed by atoms with Gasteiger partial charge in [0.25, 0.3) is 0 Å². The summed E-state index contributed by atoms with van der Waals surface area (Å²) < 4.78 is 0. The smallest absolute Gasteiger partial charge is 0.190 e. The maximum absolute atomic E-state index is 9.19. The maximum atomic E-state index is 9.19. The van der Waals surface area contributed by atoms with E-state index in [4.69, 9.17) is 0 Å². The van der Waals surface area contributed by atoms with Crippen LogP contribution in [0.25, 0.3) is 11.0 Å². The number of nitrogens with zero attached hydrogens (tertiary/aromatic N) is 1. The highest BCUT2D eigenvalue weighted by Crippen LogP contribution is 2.21. The van der Waals surface area contributed by atoms with Crippen molar-refractivity contribution in [2.45, 2.75) is 19.8 Å². The molecule has 0 atom stereocenters. The molecule has 68 valence electrons. The van der Waals surface area contributed by atoms with Crippen LogP contribution in [0.5, 0.6) is 5.88 Å². The minimum absolute atomic E-state index is 0.170. The standard InChI is InChI=1S/C10H12N2O/c1-6(2)8-3-7-4-9(13)12-10(7)11-5-8/h3-6,13H,1-2H3,(H,11,12). The van der Waals surface area contributed by atoms with E-state index in [9.17, 15) is 5.11 Å². The second-order valence-corrected chi connectivity index (χ2v) is 3.52. The third-order valence-corrected chi connectivity index (χ3v) is 2.14. The molecule has 2 aromatic heterocycles. The molecule has 0 saturated carbocycles. The summed E-state index contributed by atoms with van der Waals surface area (Å²) in [4.78, 5) is 6.98. The fraction of sp³-hybridized carbons (Fsp3) is 0.300. The summed E-state index contributed by atoms with van der Waals surface area (Å²) in [6.45, 7) is 4.24. The van der Waals surface area contributed by atoms with Crippen molar-refractivity contribution < 1.29 is 5.11 Å². The number of nitrogens with one attached hydrogen (secondary N) is 1. The first kappa shape index (κ1) is 8.10. The first-order chi connectivity index (χ1) is 6.16. The molecule has 0 amide bonds. The number of aromatic hydroxyl groups is 1. The van der Waals surface area contributed by atoms with Gasteiger partial charge >= 0.3 is 0 Å². The van der Waals surface area contributed by atoms with Crippen LogP contribution >= 0.6 is 0 Å². The van der Waals surface area contributed by atoms with Crippen molar-refractivity contribution in [3.8, 4) is 5.88 Å². The normalized spacial score (nSPS) is 11.3. The van der Waals surface area contributed by atoms with Crippen LogP contribution in [0.1, 0.15) is 25.3 Å².